The number of nitrogens with zero attached hydrogens (tertiary/aromatic N) is 2. The molecule has 8 heteroatoms. The Hall–Kier alpha value is -1.15. The van der Waals surface area contributed by atoms with E-state index in [1.54, 1.807) is 24.0 Å². The monoisotopic (exact) mass is 403 g/mol. The standard InChI is InChI=1S/C18H29N3O3S.ClH/c1-4-20(5-2)25(23,24)17-12-15(10-9-14(17)3)18(22)21-11-7-6-8-16(21)13-19;/h9-10,12,16H,4-8,11,13,19H2,1-3H3;1H. The minimum Gasteiger partial charge on any atom is -0.334 e. The Morgan fingerprint density at radius 2 is 1.92 bits per heavy atom. The van der Waals surface area contributed by atoms with Crippen molar-refractivity contribution in [2.24, 2.45) is 5.73 Å². The van der Waals surface area contributed by atoms with Crippen LogP contribution in [0.1, 0.15) is 49.0 Å². The van der Waals surface area contributed by atoms with Crippen molar-refractivity contribution in [1.82, 2.24) is 9.21 Å². The summed E-state index contributed by atoms with van der Waals surface area (Å²) in [6.45, 7) is 7.29. The molecule has 1 heterocycles. The molecule has 1 aliphatic rings. The zero-order valence-corrected chi connectivity index (χ0v) is 17.4. The first-order chi connectivity index (χ1) is 11.9. The highest BCUT2D eigenvalue weighted by atomic mass is 35.5. The highest BCUT2D eigenvalue weighted by Crippen LogP contribution is 2.24. The number of hydrogen-bond donors (Lipinski definition) is 1. The van der Waals surface area contributed by atoms with Crippen LogP contribution in [0.2, 0.25) is 0 Å². The molecule has 1 saturated heterocycles. The molecule has 0 spiro atoms. The maximum Gasteiger partial charge on any atom is 0.254 e. The highest BCUT2D eigenvalue weighted by molar-refractivity contribution is 7.89. The molecule has 0 aromatic heterocycles. The molecule has 1 aliphatic heterocycles. The minimum absolute atomic E-state index is 0. The van der Waals surface area contributed by atoms with Crippen molar-refractivity contribution < 1.29 is 13.2 Å². The molecule has 1 unspecified atom stereocenters. The summed E-state index contributed by atoms with van der Waals surface area (Å²) in [5.41, 5.74) is 6.88. The number of rotatable bonds is 6. The lowest BCUT2D eigenvalue weighted by Crippen LogP contribution is -2.47. The largest absolute Gasteiger partial charge is 0.334 e. The average Bonchev–Trinajstić information content (AvgIpc) is 2.62. The fraction of sp³-hybridized carbons (Fsp3) is 0.611. The number of hydrogen-bond acceptors (Lipinski definition) is 4. The zero-order valence-electron chi connectivity index (χ0n) is 15.8. The van der Waals surface area contributed by atoms with Gasteiger partial charge in [-0.05, 0) is 43.9 Å². The Morgan fingerprint density at radius 3 is 2.50 bits per heavy atom. The Morgan fingerprint density at radius 1 is 1.27 bits per heavy atom. The van der Waals surface area contributed by atoms with Gasteiger partial charge in [0.1, 0.15) is 0 Å². The molecule has 2 N–H and O–H groups in total. The summed E-state index contributed by atoms with van der Waals surface area (Å²) < 4.78 is 27.1. The minimum atomic E-state index is -3.60. The highest BCUT2D eigenvalue weighted by Gasteiger charge is 2.29. The summed E-state index contributed by atoms with van der Waals surface area (Å²) in [6, 6.07) is 4.98. The molecule has 1 aromatic carbocycles. The van der Waals surface area contributed by atoms with E-state index < -0.39 is 10.0 Å². The molecule has 1 aromatic rings. The van der Waals surface area contributed by atoms with Gasteiger partial charge in [-0.3, -0.25) is 4.79 Å². The molecule has 1 fully saturated rings. The third kappa shape index (κ3) is 4.57. The van der Waals surface area contributed by atoms with Crippen molar-refractivity contribution in [3.8, 4) is 0 Å². The smallest absolute Gasteiger partial charge is 0.254 e. The number of piperidine rings is 1. The molecule has 6 nitrogen and oxygen atoms in total. The molecule has 1 amide bonds. The molecular formula is C18H30ClN3O3S. The van der Waals surface area contributed by atoms with E-state index in [2.05, 4.69) is 0 Å². The summed E-state index contributed by atoms with van der Waals surface area (Å²) in [7, 11) is -3.60. The number of halogens is 1. The third-order valence-electron chi connectivity index (χ3n) is 4.92. The summed E-state index contributed by atoms with van der Waals surface area (Å²) in [5.74, 6) is -0.133. The summed E-state index contributed by atoms with van der Waals surface area (Å²) in [5, 5.41) is 0. The van der Waals surface area contributed by atoms with E-state index in [0.29, 0.717) is 37.3 Å². The number of amides is 1. The second-order valence-corrected chi connectivity index (χ2v) is 8.36. The molecule has 148 valence electrons. The first kappa shape index (κ1) is 22.9. The van der Waals surface area contributed by atoms with Gasteiger partial charge in [-0.1, -0.05) is 19.9 Å². The Bertz CT molecular complexity index is 720. The first-order valence-corrected chi connectivity index (χ1v) is 10.4. The lowest BCUT2D eigenvalue weighted by molar-refractivity contribution is 0.0623. The zero-order chi connectivity index (χ0) is 18.6. The van der Waals surface area contributed by atoms with Gasteiger partial charge in [0, 0.05) is 37.8 Å². The van der Waals surface area contributed by atoms with Crippen molar-refractivity contribution in [1.29, 1.82) is 0 Å². The summed E-state index contributed by atoms with van der Waals surface area (Å²) >= 11 is 0. The van der Waals surface area contributed by atoms with Gasteiger partial charge in [-0.2, -0.15) is 4.31 Å². The number of benzene rings is 1. The SMILES string of the molecule is CCN(CC)S(=O)(=O)c1cc(C(=O)N2CCCCC2CN)ccc1C.Cl. The van der Waals surface area contributed by atoms with E-state index >= 15 is 0 Å². The lowest BCUT2D eigenvalue weighted by atomic mass is 10.0. The molecule has 0 radical (unpaired) electrons. The van der Waals surface area contributed by atoms with Gasteiger partial charge in [-0.25, -0.2) is 8.42 Å². The van der Waals surface area contributed by atoms with Crippen LogP contribution in [0, 0.1) is 6.92 Å². The van der Waals surface area contributed by atoms with Crippen LogP contribution in [0.4, 0.5) is 0 Å². The van der Waals surface area contributed by atoms with Crippen LogP contribution in [0.15, 0.2) is 23.1 Å². The van der Waals surface area contributed by atoms with Crippen molar-refractivity contribution in [3.63, 3.8) is 0 Å². The number of carbonyl (C=O) groups is 1. The topological polar surface area (TPSA) is 83.7 Å². The number of nitrogens with two attached hydrogens (primary N) is 1. The average molecular weight is 404 g/mol. The lowest BCUT2D eigenvalue weighted by Gasteiger charge is -2.35. The maximum atomic E-state index is 12.9. The van der Waals surface area contributed by atoms with E-state index in [-0.39, 0.29) is 29.3 Å². The van der Waals surface area contributed by atoms with Crippen LogP contribution < -0.4 is 5.73 Å². The van der Waals surface area contributed by atoms with Crippen molar-refractivity contribution in [2.75, 3.05) is 26.2 Å². The van der Waals surface area contributed by atoms with E-state index in [9.17, 15) is 13.2 Å². The van der Waals surface area contributed by atoms with Gasteiger partial charge in [0.05, 0.1) is 4.90 Å². The van der Waals surface area contributed by atoms with Crippen molar-refractivity contribution in [2.45, 2.75) is 51.0 Å². The first-order valence-electron chi connectivity index (χ1n) is 8.98. The van der Waals surface area contributed by atoms with E-state index in [4.69, 9.17) is 5.73 Å². The normalized spacial score (nSPS) is 17.9. The van der Waals surface area contributed by atoms with Gasteiger partial charge in [0.15, 0.2) is 0 Å². The van der Waals surface area contributed by atoms with Crippen LogP contribution in [-0.2, 0) is 10.0 Å². The third-order valence-corrected chi connectivity index (χ3v) is 7.11. The van der Waals surface area contributed by atoms with Crippen LogP contribution in [-0.4, -0.2) is 55.8 Å². The van der Waals surface area contributed by atoms with Crippen molar-refractivity contribution >= 4 is 28.3 Å². The van der Waals surface area contributed by atoms with Crippen LogP contribution in [0.3, 0.4) is 0 Å². The molecule has 0 saturated carbocycles. The van der Waals surface area contributed by atoms with E-state index in [0.717, 1.165) is 19.3 Å². The van der Waals surface area contributed by atoms with Gasteiger partial charge in [0.2, 0.25) is 10.0 Å². The van der Waals surface area contributed by atoms with Gasteiger partial charge in [0.25, 0.3) is 5.91 Å². The molecule has 0 bridgehead atoms. The Kier molecular flexibility index (Phi) is 8.53. The maximum absolute atomic E-state index is 12.9. The fourth-order valence-electron chi connectivity index (χ4n) is 3.39. The molecule has 1 atom stereocenters. The molecule has 26 heavy (non-hydrogen) atoms. The fourth-order valence-corrected chi connectivity index (χ4v) is 5.10. The molecule has 2 rings (SSSR count). The predicted octanol–water partition coefficient (Wildman–Crippen LogP) is 2.40. The second kappa shape index (κ2) is 9.69. The Balaban J connectivity index is 0.00000338. The summed E-state index contributed by atoms with van der Waals surface area (Å²) in [6.07, 6.45) is 2.93. The van der Waals surface area contributed by atoms with Gasteiger partial charge >= 0.3 is 0 Å². The van der Waals surface area contributed by atoms with Crippen LogP contribution in [0.25, 0.3) is 0 Å². The van der Waals surface area contributed by atoms with Crippen molar-refractivity contribution in [3.05, 3.63) is 29.3 Å². The van der Waals surface area contributed by atoms with Gasteiger partial charge < -0.3 is 10.6 Å². The molecular weight excluding hydrogens is 374 g/mol. The number of sulfonamides is 1. The molecule has 0 aliphatic carbocycles. The number of carbonyl (C=O) groups excluding carboxylic acids is 1. The van der Waals surface area contributed by atoms with Crippen LogP contribution >= 0.6 is 12.4 Å². The van der Waals surface area contributed by atoms with Gasteiger partial charge in [-0.15, -0.1) is 12.4 Å². The number of aryl methyl sites for hydroxylation is 1. The summed E-state index contributed by atoms with van der Waals surface area (Å²) in [4.78, 5) is 14.9. The quantitative estimate of drug-likeness (QED) is 0.790. The second-order valence-electron chi connectivity index (χ2n) is 6.45. The number of likely N-dealkylation sites (tertiary alicyclic amines) is 1. The predicted molar refractivity (Wildman–Crippen MR) is 106 cm³/mol. The van der Waals surface area contributed by atoms with E-state index in [1.165, 1.54) is 10.4 Å². The Labute approximate surface area is 163 Å². The van der Waals surface area contributed by atoms with E-state index in [1.807, 2.05) is 13.8 Å². The van der Waals surface area contributed by atoms with Crippen LogP contribution in [0.5, 0.6) is 0 Å².